The molecule has 0 saturated heterocycles. The molecule has 5 heteroatoms. The molecule has 3 aromatic rings. The van der Waals surface area contributed by atoms with Gasteiger partial charge >= 0.3 is 0 Å². The fourth-order valence-electron chi connectivity index (χ4n) is 3.35. The number of rotatable bonds is 4. The average molecular weight is 347 g/mol. The zero-order chi connectivity index (χ0) is 17.9. The molecule has 1 aliphatic rings. The highest BCUT2D eigenvalue weighted by Gasteiger charge is 2.16. The molecule has 1 amide bonds. The molecule has 4 rings (SSSR count). The van der Waals surface area contributed by atoms with Gasteiger partial charge in [-0.2, -0.15) is 0 Å². The van der Waals surface area contributed by atoms with Crippen molar-refractivity contribution in [1.82, 2.24) is 10.5 Å². The molecule has 0 bridgehead atoms. The van der Waals surface area contributed by atoms with Crippen LogP contribution in [-0.4, -0.2) is 24.7 Å². The van der Waals surface area contributed by atoms with Crippen LogP contribution in [0.5, 0.6) is 0 Å². The lowest BCUT2D eigenvalue weighted by molar-refractivity contribution is 0.0914. The Balaban J connectivity index is 1.42. The van der Waals surface area contributed by atoms with Gasteiger partial charge in [0.1, 0.15) is 5.69 Å². The van der Waals surface area contributed by atoms with Gasteiger partial charge in [-0.15, -0.1) is 0 Å². The van der Waals surface area contributed by atoms with E-state index in [4.69, 9.17) is 4.52 Å². The Labute approximate surface area is 152 Å². The first-order valence-corrected chi connectivity index (χ1v) is 8.84. The van der Waals surface area contributed by atoms with E-state index in [1.807, 2.05) is 30.3 Å². The van der Waals surface area contributed by atoms with Crippen LogP contribution in [0.3, 0.4) is 0 Å². The topological polar surface area (TPSA) is 58.4 Å². The largest absolute Gasteiger partial charge is 0.374 e. The van der Waals surface area contributed by atoms with Crippen molar-refractivity contribution in [2.24, 2.45) is 0 Å². The standard InChI is InChI=1S/C21H21N3O2/c1-24-11-5-8-17-12-15(9-10-19(17)24)14-22-21(25)20-13-18(23-26-20)16-6-3-2-4-7-16/h2-4,6-7,9-10,12-13H,5,8,11,14H2,1H3,(H,22,25). The van der Waals surface area contributed by atoms with E-state index < -0.39 is 0 Å². The summed E-state index contributed by atoms with van der Waals surface area (Å²) in [7, 11) is 2.12. The Hall–Kier alpha value is -3.08. The molecule has 1 aliphatic heterocycles. The molecule has 0 aliphatic carbocycles. The second kappa shape index (κ2) is 7.04. The molecule has 2 heterocycles. The predicted molar refractivity (Wildman–Crippen MR) is 101 cm³/mol. The Kier molecular flexibility index (Phi) is 4.44. The summed E-state index contributed by atoms with van der Waals surface area (Å²) in [5, 5.41) is 6.90. The number of carbonyl (C=O) groups excluding carboxylic acids is 1. The van der Waals surface area contributed by atoms with Crippen molar-refractivity contribution in [2.75, 3.05) is 18.5 Å². The zero-order valence-corrected chi connectivity index (χ0v) is 14.7. The summed E-state index contributed by atoms with van der Waals surface area (Å²) in [4.78, 5) is 14.6. The number of aromatic nitrogens is 1. The van der Waals surface area contributed by atoms with Crippen LogP contribution in [0.15, 0.2) is 59.1 Å². The van der Waals surface area contributed by atoms with Crippen molar-refractivity contribution in [3.8, 4) is 11.3 Å². The van der Waals surface area contributed by atoms with E-state index in [0.717, 1.165) is 24.1 Å². The zero-order valence-electron chi connectivity index (χ0n) is 14.7. The molecule has 0 atom stereocenters. The molecule has 0 fully saturated rings. The molecule has 0 saturated carbocycles. The van der Waals surface area contributed by atoms with Gasteiger partial charge in [0.2, 0.25) is 5.76 Å². The van der Waals surface area contributed by atoms with Crippen LogP contribution in [0.25, 0.3) is 11.3 Å². The van der Waals surface area contributed by atoms with Crippen molar-refractivity contribution in [2.45, 2.75) is 19.4 Å². The minimum atomic E-state index is -0.255. The third-order valence-corrected chi connectivity index (χ3v) is 4.75. The van der Waals surface area contributed by atoms with Gasteiger partial charge in [-0.25, -0.2) is 0 Å². The second-order valence-electron chi connectivity index (χ2n) is 6.61. The summed E-state index contributed by atoms with van der Waals surface area (Å²) in [6, 6.07) is 17.7. The molecule has 1 aromatic heterocycles. The highest BCUT2D eigenvalue weighted by atomic mass is 16.5. The molecule has 1 N–H and O–H groups in total. The second-order valence-corrected chi connectivity index (χ2v) is 6.61. The van der Waals surface area contributed by atoms with E-state index >= 15 is 0 Å². The SMILES string of the molecule is CN1CCCc2cc(CNC(=O)c3cc(-c4ccccc4)no3)ccc21. The molecule has 132 valence electrons. The quantitative estimate of drug-likeness (QED) is 0.783. The maximum absolute atomic E-state index is 12.4. The molecule has 5 nitrogen and oxygen atoms in total. The molecule has 0 unspecified atom stereocenters. The summed E-state index contributed by atoms with van der Waals surface area (Å²) in [6.45, 7) is 1.57. The number of carbonyl (C=O) groups is 1. The van der Waals surface area contributed by atoms with Gasteiger partial charge in [-0.1, -0.05) is 47.6 Å². The summed E-state index contributed by atoms with van der Waals surface area (Å²) < 4.78 is 5.21. The summed E-state index contributed by atoms with van der Waals surface area (Å²) in [5.74, 6) is -0.0314. The summed E-state index contributed by atoms with van der Waals surface area (Å²) in [6.07, 6.45) is 2.25. The minimum absolute atomic E-state index is 0.224. The van der Waals surface area contributed by atoms with Crippen LogP contribution in [0, 0.1) is 0 Å². The van der Waals surface area contributed by atoms with E-state index in [1.165, 1.54) is 17.7 Å². The summed E-state index contributed by atoms with van der Waals surface area (Å²) in [5.41, 5.74) is 5.31. The Morgan fingerprint density at radius 2 is 2.04 bits per heavy atom. The lowest BCUT2D eigenvalue weighted by atomic mass is 9.99. The van der Waals surface area contributed by atoms with Crippen molar-refractivity contribution in [3.05, 3.63) is 71.5 Å². The Bertz CT molecular complexity index is 918. The fraction of sp³-hybridized carbons (Fsp3) is 0.238. The third-order valence-electron chi connectivity index (χ3n) is 4.75. The smallest absolute Gasteiger partial charge is 0.290 e. The van der Waals surface area contributed by atoms with Crippen molar-refractivity contribution in [1.29, 1.82) is 0 Å². The molecule has 0 spiro atoms. The number of anilines is 1. The van der Waals surface area contributed by atoms with Gasteiger partial charge < -0.3 is 14.7 Å². The normalized spacial score (nSPS) is 13.3. The number of hydrogen-bond donors (Lipinski definition) is 1. The van der Waals surface area contributed by atoms with Gasteiger partial charge in [-0.05, 0) is 30.0 Å². The average Bonchev–Trinajstić information content (AvgIpc) is 3.17. The summed E-state index contributed by atoms with van der Waals surface area (Å²) >= 11 is 0. The fourth-order valence-corrected chi connectivity index (χ4v) is 3.35. The van der Waals surface area contributed by atoms with Gasteiger partial charge in [0.15, 0.2) is 0 Å². The number of amides is 1. The first kappa shape index (κ1) is 16.4. The van der Waals surface area contributed by atoms with Gasteiger partial charge in [0, 0.05) is 37.5 Å². The van der Waals surface area contributed by atoms with Crippen LogP contribution in [0.1, 0.15) is 28.1 Å². The molecule has 0 radical (unpaired) electrons. The molecular weight excluding hydrogens is 326 g/mol. The first-order chi connectivity index (χ1) is 12.7. The van der Waals surface area contributed by atoms with E-state index in [-0.39, 0.29) is 11.7 Å². The maximum atomic E-state index is 12.4. The van der Waals surface area contributed by atoms with Crippen LogP contribution >= 0.6 is 0 Å². The van der Waals surface area contributed by atoms with Crippen molar-refractivity contribution < 1.29 is 9.32 Å². The van der Waals surface area contributed by atoms with E-state index in [1.54, 1.807) is 6.07 Å². The number of benzene rings is 2. The number of aryl methyl sites for hydroxylation is 1. The highest BCUT2D eigenvalue weighted by Crippen LogP contribution is 2.26. The van der Waals surface area contributed by atoms with Gasteiger partial charge in [0.05, 0.1) is 0 Å². The third kappa shape index (κ3) is 3.33. The predicted octanol–water partition coefficient (Wildman–Crippen LogP) is 3.65. The number of nitrogens with zero attached hydrogens (tertiary/aromatic N) is 2. The maximum Gasteiger partial charge on any atom is 0.290 e. The number of fused-ring (bicyclic) bond motifs is 1. The highest BCUT2D eigenvalue weighted by molar-refractivity contribution is 5.92. The molecule has 26 heavy (non-hydrogen) atoms. The number of hydrogen-bond acceptors (Lipinski definition) is 4. The first-order valence-electron chi connectivity index (χ1n) is 8.84. The van der Waals surface area contributed by atoms with E-state index in [0.29, 0.717) is 12.2 Å². The van der Waals surface area contributed by atoms with Crippen LogP contribution in [-0.2, 0) is 13.0 Å². The number of nitrogens with one attached hydrogen (secondary N) is 1. The van der Waals surface area contributed by atoms with Crippen LogP contribution in [0.4, 0.5) is 5.69 Å². The van der Waals surface area contributed by atoms with Crippen LogP contribution in [0.2, 0.25) is 0 Å². The minimum Gasteiger partial charge on any atom is -0.374 e. The molecule has 2 aromatic carbocycles. The lowest BCUT2D eigenvalue weighted by Crippen LogP contribution is -2.25. The van der Waals surface area contributed by atoms with Gasteiger partial charge in [-0.3, -0.25) is 4.79 Å². The van der Waals surface area contributed by atoms with E-state index in [9.17, 15) is 4.79 Å². The monoisotopic (exact) mass is 347 g/mol. The van der Waals surface area contributed by atoms with Gasteiger partial charge in [0.25, 0.3) is 5.91 Å². The Morgan fingerprint density at radius 1 is 1.19 bits per heavy atom. The van der Waals surface area contributed by atoms with Crippen molar-refractivity contribution >= 4 is 11.6 Å². The van der Waals surface area contributed by atoms with E-state index in [2.05, 4.69) is 40.6 Å². The Morgan fingerprint density at radius 3 is 2.88 bits per heavy atom. The molecular formula is C21H21N3O2. The van der Waals surface area contributed by atoms with Crippen LogP contribution < -0.4 is 10.2 Å². The lowest BCUT2D eigenvalue weighted by Gasteiger charge is -2.27. The van der Waals surface area contributed by atoms with Crippen molar-refractivity contribution in [3.63, 3.8) is 0 Å².